The number of methoxy groups -OCH3 is 2. The molecule has 6 nitrogen and oxygen atoms in total. The summed E-state index contributed by atoms with van der Waals surface area (Å²) >= 11 is 0. The third-order valence-electron chi connectivity index (χ3n) is 4.73. The third-order valence-corrected chi connectivity index (χ3v) is 4.73. The van der Waals surface area contributed by atoms with Crippen LogP contribution in [-0.2, 0) is 0 Å². The molecule has 0 spiro atoms. The number of rotatable bonds is 4. The van der Waals surface area contributed by atoms with Crippen LogP contribution in [0.25, 0.3) is 5.70 Å². The Morgan fingerprint density at radius 3 is 2.41 bits per heavy atom. The monoisotopic (exact) mass is 358 g/mol. The van der Waals surface area contributed by atoms with Crippen molar-refractivity contribution in [1.82, 2.24) is 10.2 Å². The molecular formula is C21H18N4O2. The normalized spacial score (nSPS) is 15.5. The number of para-hydroxylation sites is 2. The Morgan fingerprint density at radius 1 is 0.963 bits per heavy atom. The highest BCUT2D eigenvalue weighted by Gasteiger charge is 2.34. The van der Waals surface area contributed by atoms with Gasteiger partial charge in [-0.2, -0.15) is 10.4 Å². The number of allylic oxidation sites excluding steroid dienone is 1. The van der Waals surface area contributed by atoms with E-state index in [0.29, 0.717) is 22.8 Å². The summed E-state index contributed by atoms with van der Waals surface area (Å²) in [5.41, 5.74) is 3.89. The van der Waals surface area contributed by atoms with Crippen molar-refractivity contribution in [2.45, 2.75) is 5.92 Å². The molecule has 1 aliphatic rings. The highest BCUT2D eigenvalue weighted by Crippen LogP contribution is 2.46. The number of hydrogen-bond donors (Lipinski definition) is 2. The molecule has 1 aromatic heterocycles. The predicted molar refractivity (Wildman–Crippen MR) is 103 cm³/mol. The van der Waals surface area contributed by atoms with Crippen LogP contribution >= 0.6 is 0 Å². The zero-order chi connectivity index (χ0) is 18.8. The number of benzene rings is 2. The van der Waals surface area contributed by atoms with Gasteiger partial charge >= 0.3 is 0 Å². The number of ether oxygens (including phenoxy) is 2. The SMILES string of the molecule is COc1ccccc1C1=C(C#N)C(c2ccccc2OC)c2c[nH]nc2N1. The molecule has 0 radical (unpaired) electrons. The fourth-order valence-corrected chi connectivity index (χ4v) is 3.52. The molecule has 1 aliphatic heterocycles. The fraction of sp³-hybridized carbons (Fsp3) is 0.143. The lowest BCUT2D eigenvalue weighted by molar-refractivity contribution is 0.409. The number of H-pyrrole nitrogens is 1. The fourth-order valence-electron chi connectivity index (χ4n) is 3.52. The number of hydrogen-bond acceptors (Lipinski definition) is 5. The summed E-state index contributed by atoms with van der Waals surface area (Å²) in [5, 5.41) is 20.6. The zero-order valence-electron chi connectivity index (χ0n) is 15.0. The average Bonchev–Trinajstić information content (AvgIpc) is 3.20. The van der Waals surface area contributed by atoms with Crippen LogP contribution in [0, 0.1) is 11.3 Å². The Morgan fingerprint density at radius 2 is 1.67 bits per heavy atom. The molecule has 2 aromatic carbocycles. The van der Waals surface area contributed by atoms with E-state index in [1.54, 1.807) is 14.2 Å². The van der Waals surface area contributed by atoms with Crippen molar-refractivity contribution in [3.63, 3.8) is 0 Å². The molecule has 6 heteroatoms. The molecule has 2 heterocycles. The Bertz CT molecular complexity index is 1060. The Balaban J connectivity index is 1.99. The van der Waals surface area contributed by atoms with Gasteiger partial charge in [-0.05, 0) is 18.2 Å². The van der Waals surface area contributed by atoms with Crippen LogP contribution < -0.4 is 14.8 Å². The molecule has 1 atom stereocenters. The van der Waals surface area contributed by atoms with Gasteiger partial charge in [0.05, 0.1) is 37.5 Å². The number of aromatic amines is 1. The van der Waals surface area contributed by atoms with Crippen LogP contribution in [0.1, 0.15) is 22.6 Å². The highest BCUT2D eigenvalue weighted by atomic mass is 16.5. The molecule has 0 saturated heterocycles. The topological polar surface area (TPSA) is 83.0 Å². The van der Waals surface area contributed by atoms with Gasteiger partial charge in [-0.25, -0.2) is 0 Å². The maximum Gasteiger partial charge on any atom is 0.156 e. The lowest BCUT2D eigenvalue weighted by atomic mass is 9.81. The zero-order valence-corrected chi connectivity index (χ0v) is 15.0. The van der Waals surface area contributed by atoms with Gasteiger partial charge in [0.15, 0.2) is 5.82 Å². The molecule has 3 aromatic rings. The first kappa shape index (κ1) is 16.7. The first-order chi connectivity index (χ1) is 13.3. The van der Waals surface area contributed by atoms with Crippen molar-refractivity contribution in [2.75, 3.05) is 19.5 Å². The van der Waals surface area contributed by atoms with Crippen molar-refractivity contribution >= 4 is 11.5 Å². The summed E-state index contributed by atoms with van der Waals surface area (Å²) in [7, 11) is 3.25. The second kappa shape index (κ2) is 6.89. The van der Waals surface area contributed by atoms with E-state index in [4.69, 9.17) is 9.47 Å². The average molecular weight is 358 g/mol. The summed E-state index contributed by atoms with van der Waals surface area (Å²) in [6, 6.07) is 17.7. The van der Waals surface area contributed by atoms with E-state index in [2.05, 4.69) is 21.6 Å². The second-order valence-corrected chi connectivity index (χ2v) is 6.09. The summed E-state index contributed by atoms with van der Waals surface area (Å²) < 4.78 is 11.1. The van der Waals surface area contributed by atoms with Gasteiger partial charge in [0.2, 0.25) is 0 Å². The van der Waals surface area contributed by atoms with Gasteiger partial charge in [0, 0.05) is 22.9 Å². The first-order valence-electron chi connectivity index (χ1n) is 8.49. The molecule has 0 bridgehead atoms. The number of fused-ring (bicyclic) bond motifs is 1. The van der Waals surface area contributed by atoms with Gasteiger partial charge in [0.1, 0.15) is 11.5 Å². The van der Waals surface area contributed by atoms with E-state index >= 15 is 0 Å². The summed E-state index contributed by atoms with van der Waals surface area (Å²) in [6.07, 6.45) is 1.82. The van der Waals surface area contributed by atoms with Gasteiger partial charge < -0.3 is 14.8 Å². The summed E-state index contributed by atoms with van der Waals surface area (Å²) in [4.78, 5) is 0. The van der Waals surface area contributed by atoms with Crippen molar-refractivity contribution in [2.24, 2.45) is 0 Å². The molecule has 27 heavy (non-hydrogen) atoms. The Kier molecular flexibility index (Phi) is 4.27. The first-order valence-corrected chi connectivity index (χ1v) is 8.49. The minimum Gasteiger partial charge on any atom is -0.496 e. The van der Waals surface area contributed by atoms with Crippen LogP contribution in [0.3, 0.4) is 0 Å². The molecule has 0 amide bonds. The number of nitrogens with zero attached hydrogens (tertiary/aromatic N) is 2. The van der Waals surface area contributed by atoms with E-state index in [1.165, 1.54) is 0 Å². The summed E-state index contributed by atoms with van der Waals surface area (Å²) in [6.45, 7) is 0. The second-order valence-electron chi connectivity index (χ2n) is 6.09. The molecule has 134 valence electrons. The molecule has 0 fully saturated rings. The van der Waals surface area contributed by atoms with Crippen LogP contribution in [0.4, 0.5) is 5.82 Å². The van der Waals surface area contributed by atoms with Crippen LogP contribution in [-0.4, -0.2) is 24.4 Å². The van der Waals surface area contributed by atoms with Crippen LogP contribution in [0.5, 0.6) is 11.5 Å². The minimum atomic E-state index is -0.305. The maximum absolute atomic E-state index is 10.1. The maximum atomic E-state index is 10.1. The van der Waals surface area contributed by atoms with Gasteiger partial charge in [-0.15, -0.1) is 0 Å². The molecule has 1 unspecified atom stereocenters. The molecule has 0 saturated carbocycles. The molecule has 4 rings (SSSR count). The van der Waals surface area contributed by atoms with Crippen molar-refractivity contribution < 1.29 is 9.47 Å². The Labute approximate surface area is 157 Å². The van der Waals surface area contributed by atoms with E-state index in [9.17, 15) is 5.26 Å². The van der Waals surface area contributed by atoms with Crippen LogP contribution in [0.2, 0.25) is 0 Å². The van der Waals surface area contributed by atoms with E-state index < -0.39 is 0 Å². The van der Waals surface area contributed by atoms with E-state index in [0.717, 1.165) is 22.4 Å². The molecule has 2 N–H and O–H groups in total. The highest BCUT2D eigenvalue weighted by molar-refractivity contribution is 5.88. The van der Waals surface area contributed by atoms with E-state index in [-0.39, 0.29) is 5.92 Å². The standard InChI is InChI=1S/C21H18N4O2/c1-26-17-9-5-3-7-13(17)19-15(11-22)20(24-21-16(19)12-23-25-21)14-8-4-6-10-18(14)27-2/h3-10,12,19H,1-2H3,(H2,23,24,25). The molecule has 0 aliphatic carbocycles. The largest absolute Gasteiger partial charge is 0.496 e. The van der Waals surface area contributed by atoms with Crippen LogP contribution in [0.15, 0.2) is 60.3 Å². The quantitative estimate of drug-likeness (QED) is 0.739. The van der Waals surface area contributed by atoms with Gasteiger partial charge in [0.25, 0.3) is 0 Å². The van der Waals surface area contributed by atoms with Crippen molar-refractivity contribution in [3.05, 3.63) is 77.0 Å². The third kappa shape index (κ3) is 2.70. The van der Waals surface area contributed by atoms with Gasteiger partial charge in [-0.1, -0.05) is 30.3 Å². The smallest absolute Gasteiger partial charge is 0.156 e. The number of nitriles is 1. The van der Waals surface area contributed by atoms with Crippen molar-refractivity contribution in [1.29, 1.82) is 5.26 Å². The molecular weight excluding hydrogens is 340 g/mol. The minimum absolute atomic E-state index is 0.305. The lowest BCUT2D eigenvalue weighted by Crippen LogP contribution is -2.18. The van der Waals surface area contributed by atoms with Crippen molar-refractivity contribution in [3.8, 4) is 17.6 Å². The predicted octanol–water partition coefficient (Wildman–Crippen LogP) is 3.92. The van der Waals surface area contributed by atoms with Gasteiger partial charge in [-0.3, -0.25) is 5.10 Å². The lowest BCUT2D eigenvalue weighted by Gasteiger charge is -2.27. The number of aromatic nitrogens is 2. The van der Waals surface area contributed by atoms with E-state index in [1.807, 2.05) is 54.7 Å². The Hall–Kier alpha value is -3.72. The number of nitrogens with one attached hydrogen (secondary N) is 2. The number of anilines is 1. The summed E-state index contributed by atoms with van der Waals surface area (Å²) in [5.74, 6) is 1.79.